The van der Waals surface area contributed by atoms with Gasteiger partial charge in [0.05, 0.1) is 7.11 Å². The molecule has 0 spiro atoms. The number of guanidine groups is 1. The third kappa shape index (κ3) is 6.06. The highest BCUT2D eigenvalue weighted by molar-refractivity contribution is 5.79. The van der Waals surface area contributed by atoms with Crippen LogP contribution in [-0.4, -0.2) is 26.7 Å². The molecule has 2 rings (SSSR count). The lowest BCUT2D eigenvalue weighted by molar-refractivity contribution is 0.414. The normalized spacial score (nSPS) is 11.3. The Bertz CT molecular complexity index is 720. The molecule has 0 amide bonds. The van der Waals surface area contributed by atoms with Crippen LogP contribution in [0.25, 0.3) is 0 Å². The molecule has 0 fully saturated rings. The standard InChI is InChI=1S/C19H23F2N3O/c1-22-19(24-13-15-12-16(20)8-9-18(15)21)23-10-4-6-14-5-3-7-17(11-14)25-2/h3,5,7-9,11-12H,4,6,10,13H2,1-2H3,(H2,22,23,24). The second kappa shape index (κ2) is 9.61. The molecule has 0 unspecified atom stereocenters. The van der Waals surface area contributed by atoms with E-state index in [9.17, 15) is 8.78 Å². The van der Waals surface area contributed by atoms with E-state index in [1.165, 1.54) is 11.6 Å². The number of benzene rings is 2. The number of rotatable bonds is 7. The van der Waals surface area contributed by atoms with E-state index >= 15 is 0 Å². The fraction of sp³-hybridized carbons (Fsp3) is 0.316. The Hall–Kier alpha value is -2.63. The fourth-order valence-corrected chi connectivity index (χ4v) is 2.41. The molecule has 0 radical (unpaired) electrons. The smallest absolute Gasteiger partial charge is 0.191 e. The summed E-state index contributed by atoms with van der Waals surface area (Å²) >= 11 is 0. The molecule has 0 saturated carbocycles. The minimum absolute atomic E-state index is 0.166. The number of halogens is 2. The maximum atomic E-state index is 13.6. The molecule has 2 aromatic rings. The Kier molecular flexibility index (Phi) is 7.19. The second-order valence-electron chi connectivity index (χ2n) is 5.54. The lowest BCUT2D eigenvalue weighted by Gasteiger charge is -2.12. The molecule has 0 aliphatic heterocycles. The van der Waals surface area contributed by atoms with Crippen molar-refractivity contribution >= 4 is 5.96 Å². The van der Waals surface area contributed by atoms with E-state index < -0.39 is 11.6 Å². The molecule has 134 valence electrons. The van der Waals surface area contributed by atoms with Crippen LogP contribution >= 0.6 is 0 Å². The molecular weight excluding hydrogens is 324 g/mol. The molecular formula is C19H23F2N3O. The Labute approximate surface area is 146 Å². The van der Waals surface area contributed by atoms with Gasteiger partial charge in [0.2, 0.25) is 0 Å². The molecule has 0 heterocycles. The highest BCUT2D eigenvalue weighted by Gasteiger charge is 2.05. The fourth-order valence-electron chi connectivity index (χ4n) is 2.41. The molecule has 0 atom stereocenters. The number of aliphatic imine (C=N–C) groups is 1. The summed E-state index contributed by atoms with van der Waals surface area (Å²) in [6, 6.07) is 11.4. The van der Waals surface area contributed by atoms with Gasteiger partial charge < -0.3 is 15.4 Å². The van der Waals surface area contributed by atoms with E-state index in [1.54, 1.807) is 14.2 Å². The van der Waals surface area contributed by atoms with Crippen molar-refractivity contribution in [2.24, 2.45) is 4.99 Å². The molecule has 0 aromatic heterocycles. The largest absolute Gasteiger partial charge is 0.497 e. The van der Waals surface area contributed by atoms with E-state index in [0.717, 1.165) is 30.7 Å². The van der Waals surface area contributed by atoms with Gasteiger partial charge in [-0.25, -0.2) is 8.78 Å². The number of nitrogens with one attached hydrogen (secondary N) is 2. The van der Waals surface area contributed by atoms with Gasteiger partial charge >= 0.3 is 0 Å². The number of methoxy groups -OCH3 is 1. The average Bonchev–Trinajstić information content (AvgIpc) is 2.64. The summed E-state index contributed by atoms with van der Waals surface area (Å²) < 4.78 is 32.0. The van der Waals surface area contributed by atoms with Gasteiger partial charge in [0.15, 0.2) is 5.96 Å². The van der Waals surface area contributed by atoms with Crippen LogP contribution in [0.3, 0.4) is 0 Å². The van der Waals surface area contributed by atoms with Gasteiger partial charge in [0, 0.05) is 25.7 Å². The molecule has 4 nitrogen and oxygen atoms in total. The Morgan fingerprint density at radius 2 is 1.96 bits per heavy atom. The third-order valence-electron chi connectivity index (χ3n) is 3.75. The van der Waals surface area contributed by atoms with Crippen LogP contribution in [0.5, 0.6) is 5.75 Å². The van der Waals surface area contributed by atoms with Crippen molar-refractivity contribution in [1.29, 1.82) is 0 Å². The van der Waals surface area contributed by atoms with E-state index in [4.69, 9.17) is 4.74 Å². The van der Waals surface area contributed by atoms with Crippen LogP contribution in [0, 0.1) is 11.6 Å². The molecule has 2 N–H and O–H groups in total. The molecule has 0 bridgehead atoms. The Morgan fingerprint density at radius 1 is 1.12 bits per heavy atom. The van der Waals surface area contributed by atoms with Crippen LogP contribution in [0.1, 0.15) is 17.5 Å². The summed E-state index contributed by atoms with van der Waals surface area (Å²) in [5.41, 5.74) is 1.46. The summed E-state index contributed by atoms with van der Waals surface area (Å²) in [5, 5.41) is 6.15. The summed E-state index contributed by atoms with van der Waals surface area (Å²) in [4.78, 5) is 4.09. The maximum absolute atomic E-state index is 13.6. The van der Waals surface area contributed by atoms with Gasteiger partial charge in [0.25, 0.3) is 0 Å². The minimum Gasteiger partial charge on any atom is -0.497 e. The van der Waals surface area contributed by atoms with Crippen molar-refractivity contribution in [3.05, 3.63) is 65.2 Å². The highest BCUT2D eigenvalue weighted by Crippen LogP contribution is 2.13. The van der Waals surface area contributed by atoms with E-state index in [0.29, 0.717) is 12.5 Å². The number of nitrogens with zero attached hydrogens (tertiary/aromatic N) is 1. The van der Waals surface area contributed by atoms with E-state index in [2.05, 4.69) is 21.7 Å². The van der Waals surface area contributed by atoms with Gasteiger partial charge in [-0.15, -0.1) is 0 Å². The Balaban J connectivity index is 1.75. The first kappa shape index (κ1) is 18.7. The van der Waals surface area contributed by atoms with Crippen molar-refractivity contribution in [2.45, 2.75) is 19.4 Å². The van der Waals surface area contributed by atoms with Gasteiger partial charge in [-0.2, -0.15) is 0 Å². The van der Waals surface area contributed by atoms with Crippen LogP contribution in [0.4, 0.5) is 8.78 Å². The number of aryl methyl sites for hydroxylation is 1. The molecule has 2 aromatic carbocycles. The molecule has 0 saturated heterocycles. The molecule has 6 heteroatoms. The SMILES string of the molecule is CN=C(NCCCc1cccc(OC)c1)NCc1cc(F)ccc1F. The van der Waals surface area contributed by atoms with Gasteiger partial charge in [-0.3, -0.25) is 4.99 Å². The van der Waals surface area contributed by atoms with Crippen LogP contribution in [0.15, 0.2) is 47.5 Å². The first-order valence-electron chi connectivity index (χ1n) is 8.13. The summed E-state index contributed by atoms with van der Waals surface area (Å²) in [7, 11) is 3.29. The zero-order valence-electron chi connectivity index (χ0n) is 14.5. The first-order valence-corrected chi connectivity index (χ1v) is 8.13. The van der Waals surface area contributed by atoms with E-state index in [1.807, 2.05) is 18.2 Å². The van der Waals surface area contributed by atoms with Crippen molar-refractivity contribution in [1.82, 2.24) is 10.6 Å². The number of hydrogen-bond acceptors (Lipinski definition) is 2. The van der Waals surface area contributed by atoms with Crippen molar-refractivity contribution in [2.75, 3.05) is 20.7 Å². The second-order valence-corrected chi connectivity index (χ2v) is 5.54. The van der Waals surface area contributed by atoms with Crippen molar-refractivity contribution in [3.63, 3.8) is 0 Å². The molecule has 0 aliphatic carbocycles. The topological polar surface area (TPSA) is 45.7 Å². The molecule has 0 aliphatic rings. The zero-order chi connectivity index (χ0) is 18.1. The monoisotopic (exact) mass is 347 g/mol. The van der Waals surface area contributed by atoms with Crippen molar-refractivity contribution in [3.8, 4) is 5.75 Å². The van der Waals surface area contributed by atoms with Gasteiger partial charge in [-0.1, -0.05) is 12.1 Å². The number of ether oxygens (including phenoxy) is 1. The van der Waals surface area contributed by atoms with Crippen LogP contribution < -0.4 is 15.4 Å². The predicted molar refractivity (Wildman–Crippen MR) is 95.9 cm³/mol. The third-order valence-corrected chi connectivity index (χ3v) is 3.75. The quantitative estimate of drug-likeness (QED) is 0.459. The average molecular weight is 347 g/mol. The van der Waals surface area contributed by atoms with Crippen molar-refractivity contribution < 1.29 is 13.5 Å². The lowest BCUT2D eigenvalue weighted by Crippen LogP contribution is -2.37. The Morgan fingerprint density at radius 3 is 2.72 bits per heavy atom. The lowest BCUT2D eigenvalue weighted by atomic mass is 10.1. The minimum atomic E-state index is -0.459. The summed E-state index contributed by atoms with van der Waals surface area (Å²) in [6.45, 7) is 0.877. The predicted octanol–water partition coefficient (Wildman–Crippen LogP) is 3.27. The summed E-state index contributed by atoms with van der Waals surface area (Å²) in [6.07, 6.45) is 1.81. The first-order chi connectivity index (χ1) is 12.1. The van der Waals surface area contributed by atoms with Crippen LogP contribution in [0.2, 0.25) is 0 Å². The van der Waals surface area contributed by atoms with Gasteiger partial charge in [0.1, 0.15) is 17.4 Å². The zero-order valence-corrected chi connectivity index (χ0v) is 14.5. The highest BCUT2D eigenvalue weighted by atomic mass is 19.1. The van der Waals surface area contributed by atoms with E-state index in [-0.39, 0.29) is 12.1 Å². The van der Waals surface area contributed by atoms with Crippen LogP contribution in [-0.2, 0) is 13.0 Å². The summed E-state index contributed by atoms with van der Waals surface area (Å²) in [5.74, 6) is 0.496. The molecule has 25 heavy (non-hydrogen) atoms. The maximum Gasteiger partial charge on any atom is 0.191 e. The number of hydrogen-bond donors (Lipinski definition) is 2. The van der Waals surface area contributed by atoms with Gasteiger partial charge in [-0.05, 0) is 48.7 Å².